The van der Waals surface area contributed by atoms with Gasteiger partial charge >= 0.3 is 5.97 Å². The Morgan fingerprint density at radius 1 is 1.36 bits per heavy atom. The lowest BCUT2D eigenvalue weighted by Crippen LogP contribution is -2.33. The average Bonchev–Trinajstić information content (AvgIpc) is 2.68. The number of hydrogen-bond donors (Lipinski definition) is 2. The van der Waals surface area contributed by atoms with Crippen molar-refractivity contribution in [2.45, 2.75) is 19.9 Å². The molecule has 2 N–H and O–H groups in total. The van der Waals surface area contributed by atoms with E-state index in [9.17, 15) is 15.2 Å². The molecule has 28 heavy (non-hydrogen) atoms. The van der Waals surface area contributed by atoms with Gasteiger partial charge in [-0.2, -0.15) is 0 Å². The molecule has 0 bridgehead atoms. The van der Waals surface area contributed by atoms with Gasteiger partial charge in [-0.05, 0) is 32.0 Å². The van der Waals surface area contributed by atoms with Crippen molar-refractivity contribution in [3.8, 4) is 0 Å². The third-order valence-corrected chi connectivity index (χ3v) is 4.57. The highest BCUT2D eigenvalue weighted by Crippen LogP contribution is 2.39. The largest absolute Gasteiger partial charge is 0.733 e. The van der Waals surface area contributed by atoms with Gasteiger partial charge in [0.25, 0.3) is 0 Å². The van der Waals surface area contributed by atoms with E-state index >= 15 is 0 Å². The van der Waals surface area contributed by atoms with Gasteiger partial charge in [0.15, 0.2) is 5.84 Å². The number of hydrogen-bond acceptors (Lipinski definition) is 8. The van der Waals surface area contributed by atoms with Gasteiger partial charge in [0.1, 0.15) is 11.7 Å². The van der Waals surface area contributed by atoms with E-state index in [-0.39, 0.29) is 28.1 Å². The van der Waals surface area contributed by atoms with Crippen molar-refractivity contribution in [3.63, 3.8) is 0 Å². The van der Waals surface area contributed by atoms with Crippen LogP contribution in [0.25, 0.3) is 0 Å². The van der Waals surface area contributed by atoms with Gasteiger partial charge in [-0.1, -0.05) is 29.8 Å². The maximum atomic E-state index is 12.6. The van der Waals surface area contributed by atoms with Crippen LogP contribution in [0.5, 0.6) is 0 Å². The summed E-state index contributed by atoms with van der Waals surface area (Å²) in [7, 11) is 0. The highest BCUT2D eigenvalue weighted by Gasteiger charge is 2.32. The molecule has 3 rings (SSSR count). The first-order chi connectivity index (χ1) is 13.4. The van der Waals surface area contributed by atoms with Crippen LogP contribution in [0.15, 0.2) is 58.9 Å². The first kappa shape index (κ1) is 19.8. The predicted octanol–water partition coefficient (Wildman–Crippen LogP) is 3.36. The molecule has 0 radical (unpaired) electrons. The molecule has 8 nitrogen and oxygen atoms in total. The maximum absolute atomic E-state index is 12.6. The lowest BCUT2D eigenvalue weighted by Gasteiger charge is -2.29. The van der Waals surface area contributed by atoms with Crippen LogP contribution in [0.3, 0.4) is 0 Å². The van der Waals surface area contributed by atoms with Crippen molar-refractivity contribution in [1.82, 2.24) is 10.3 Å². The number of carbonyl (C=O) groups excluding carboxylic acids is 1. The second kappa shape index (κ2) is 8.39. The van der Waals surface area contributed by atoms with Crippen molar-refractivity contribution in [2.75, 3.05) is 11.8 Å². The van der Waals surface area contributed by atoms with Crippen LogP contribution in [0.2, 0.25) is 5.02 Å². The molecule has 9 heteroatoms. The summed E-state index contributed by atoms with van der Waals surface area (Å²) in [6.45, 7) is 3.62. The van der Waals surface area contributed by atoms with E-state index < -0.39 is 12.0 Å². The van der Waals surface area contributed by atoms with Gasteiger partial charge in [-0.25, -0.2) is 4.79 Å². The highest BCUT2D eigenvalue weighted by molar-refractivity contribution is 6.34. The Morgan fingerprint density at radius 2 is 2.14 bits per heavy atom. The number of amidine groups is 1. The second-order valence-corrected chi connectivity index (χ2v) is 6.31. The number of carbonyl (C=O) groups is 1. The number of pyridine rings is 1. The zero-order valence-corrected chi connectivity index (χ0v) is 16.0. The van der Waals surface area contributed by atoms with Crippen molar-refractivity contribution in [3.05, 3.63) is 75.4 Å². The Labute approximate surface area is 166 Å². The number of benzene rings is 1. The molecule has 1 aliphatic rings. The van der Waals surface area contributed by atoms with Crippen molar-refractivity contribution in [2.24, 2.45) is 4.99 Å². The smallest absolute Gasteiger partial charge is 0.338 e. The predicted molar refractivity (Wildman–Crippen MR) is 105 cm³/mol. The molecule has 1 aromatic heterocycles. The van der Waals surface area contributed by atoms with Crippen LogP contribution < -0.4 is 10.5 Å². The molecule has 0 saturated heterocycles. The molecule has 1 aromatic carbocycles. The number of ether oxygens (including phenoxy) is 1. The minimum atomic E-state index is -0.843. The SMILES string of the molecule is CCOC(=O)C1=C(C)NC(c2ccccn2)=NC1c1cccc(N([O-])O)c1Cl. The topological polar surface area (TPSA) is 110 Å². The molecule has 0 saturated carbocycles. The lowest BCUT2D eigenvalue weighted by molar-refractivity contribution is -0.138. The Morgan fingerprint density at radius 3 is 2.79 bits per heavy atom. The van der Waals surface area contributed by atoms with Gasteiger partial charge in [0.05, 0.1) is 22.9 Å². The van der Waals surface area contributed by atoms with E-state index in [1.807, 2.05) is 6.07 Å². The molecule has 2 heterocycles. The van der Waals surface area contributed by atoms with E-state index in [4.69, 9.17) is 16.3 Å². The van der Waals surface area contributed by atoms with Gasteiger partial charge in [0, 0.05) is 17.5 Å². The van der Waals surface area contributed by atoms with Crippen LogP contribution >= 0.6 is 11.6 Å². The van der Waals surface area contributed by atoms with Crippen LogP contribution in [0.4, 0.5) is 5.69 Å². The Bertz CT molecular complexity index is 944. The van der Waals surface area contributed by atoms with Gasteiger partial charge in [-0.3, -0.25) is 15.2 Å². The van der Waals surface area contributed by atoms with E-state index in [1.165, 1.54) is 6.07 Å². The van der Waals surface area contributed by atoms with Gasteiger partial charge in [-0.15, -0.1) is 0 Å². The molecular formula is C19H18ClN4O4-. The molecule has 2 aromatic rings. The molecule has 1 unspecified atom stereocenters. The summed E-state index contributed by atoms with van der Waals surface area (Å²) >= 11 is 6.34. The molecule has 146 valence electrons. The van der Waals surface area contributed by atoms with E-state index in [0.717, 1.165) is 0 Å². The molecule has 0 spiro atoms. The molecule has 1 aliphatic heterocycles. The quantitative estimate of drug-likeness (QED) is 0.583. The third-order valence-electron chi connectivity index (χ3n) is 4.15. The number of esters is 1. The zero-order chi connectivity index (χ0) is 20.3. The van der Waals surface area contributed by atoms with Crippen LogP contribution in [-0.2, 0) is 9.53 Å². The van der Waals surface area contributed by atoms with E-state index in [0.29, 0.717) is 22.8 Å². The molecular weight excluding hydrogens is 384 g/mol. The molecule has 0 aliphatic carbocycles. The van der Waals surface area contributed by atoms with Crippen LogP contribution in [0, 0.1) is 5.21 Å². The van der Waals surface area contributed by atoms with Gasteiger partial charge in [0.2, 0.25) is 0 Å². The highest BCUT2D eigenvalue weighted by atomic mass is 35.5. The Balaban J connectivity index is 2.16. The normalized spacial score (nSPS) is 16.3. The zero-order valence-electron chi connectivity index (χ0n) is 15.2. The Hall–Kier alpha value is -2.94. The summed E-state index contributed by atoms with van der Waals surface area (Å²) in [6, 6.07) is 9.08. The first-order valence-corrected chi connectivity index (χ1v) is 8.90. The van der Waals surface area contributed by atoms with E-state index in [2.05, 4.69) is 15.3 Å². The standard InChI is InChI=1S/C19H18ClN4O4/c1-3-28-19(25)15-11(2)22-18(13-8-4-5-10-21-13)23-17(15)12-7-6-9-14(16(12)20)24(26)27/h4-10,17,26H,3H2,1-2H3,(H,22,23)/q-1. The molecule has 1 atom stereocenters. The Kier molecular flexibility index (Phi) is 5.93. The summed E-state index contributed by atoms with van der Waals surface area (Å²) in [6.07, 6.45) is 1.63. The molecule has 0 fully saturated rings. The number of anilines is 1. The second-order valence-electron chi connectivity index (χ2n) is 5.93. The summed E-state index contributed by atoms with van der Waals surface area (Å²) in [4.78, 5) is 21.5. The number of allylic oxidation sites excluding steroid dienone is 1. The van der Waals surface area contributed by atoms with Crippen molar-refractivity contribution < 1.29 is 14.7 Å². The lowest BCUT2D eigenvalue weighted by atomic mass is 9.95. The number of nitrogens with zero attached hydrogens (tertiary/aromatic N) is 3. The maximum Gasteiger partial charge on any atom is 0.338 e. The number of halogens is 1. The molecule has 0 amide bonds. The summed E-state index contributed by atoms with van der Waals surface area (Å²) in [5.41, 5.74) is 1.61. The van der Waals surface area contributed by atoms with Crippen molar-refractivity contribution >= 4 is 29.1 Å². The van der Waals surface area contributed by atoms with Crippen LogP contribution in [-0.4, -0.2) is 28.6 Å². The minimum Gasteiger partial charge on any atom is -0.733 e. The number of aromatic nitrogens is 1. The monoisotopic (exact) mass is 401 g/mol. The fraction of sp³-hybridized carbons (Fsp3) is 0.211. The van der Waals surface area contributed by atoms with E-state index in [1.54, 1.807) is 44.3 Å². The number of rotatable bonds is 5. The minimum absolute atomic E-state index is 0.00869. The summed E-state index contributed by atoms with van der Waals surface area (Å²) < 4.78 is 5.18. The third kappa shape index (κ3) is 3.84. The van der Waals surface area contributed by atoms with Crippen LogP contribution in [0.1, 0.15) is 31.1 Å². The number of nitrogens with one attached hydrogen (secondary N) is 1. The fourth-order valence-corrected chi connectivity index (χ4v) is 3.21. The fourth-order valence-electron chi connectivity index (χ4n) is 2.90. The average molecular weight is 402 g/mol. The first-order valence-electron chi connectivity index (χ1n) is 8.52. The number of aliphatic imine (C=N–C) groups is 1. The summed E-state index contributed by atoms with van der Waals surface area (Å²) in [5.74, 6) is -0.105. The van der Waals surface area contributed by atoms with Gasteiger partial charge < -0.3 is 20.5 Å². The van der Waals surface area contributed by atoms with Crippen molar-refractivity contribution in [1.29, 1.82) is 0 Å². The summed E-state index contributed by atoms with van der Waals surface area (Å²) in [5, 5.41) is 23.4.